The number of methoxy groups -OCH3 is 1. The molecule has 0 aromatic carbocycles. The highest BCUT2D eigenvalue weighted by Gasteiger charge is 2.43. The Morgan fingerprint density at radius 2 is 1.74 bits per heavy atom. The second-order valence-corrected chi connectivity index (χ2v) is 8.94. The quantitative estimate of drug-likeness (QED) is 0.773. The van der Waals surface area contributed by atoms with Crippen LogP contribution in [-0.2, 0) is 4.74 Å². The minimum absolute atomic E-state index is 0.0450. The summed E-state index contributed by atoms with van der Waals surface area (Å²) < 4.78 is 4.76. The van der Waals surface area contributed by atoms with Gasteiger partial charge in [0.2, 0.25) is 0 Å². The summed E-state index contributed by atoms with van der Waals surface area (Å²) in [5.41, 5.74) is 2.26. The summed E-state index contributed by atoms with van der Waals surface area (Å²) >= 11 is 3.70. The molecule has 0 fully saturated rings. The molecule has 0 aromatic heterocycles. The Morgan fingerprint density at radius 3 is 2.11 bits per heavy atom. The van der Waals surface area contributed by atoms with Crippen LogP contribution in [0.1, 0.15) is 41.5 Å². The van der Waals surface area contributed by atoms with Crippen molar-refractivity contribution < 1.29 is 9.84 Å². The number of alkyl halides is 1. The van der Waals surface area contributed by atoms with E-state index in [9.17, 15) is 5.11 Å². The Kier molecular flexibility index (Phi) is 4.76. The third-order valence-electron chi connectivity index (χ3n) is 3.55. The van der Waals surface area contributed by atoms with E-state index < -0.39 is 10.4 Å². The Morgan fingerprint density at radius 1 is 1.21 bits per heavy atom. The van der Waals surface area contributed by atoms with Crippen molar-refractivity contribution in [3.8, 4) is 0 Å². The molecule has 0 saturated carbocycles. The molecule has 2 unspecified atom stereocenters. The van der Waals surface area contributed by atoms with Gasteiger partial charge in [-0.05, 0) is 22.0 Å². The van der Waals surface area contributed by atoms with Gasteiger partial charge < -0.3 is 9.84 Å². The van der Waals surface area contributed by atoms with Crippen molar-refractivity contribution >= 4 is 15.9 Å². The van der Waals surface area contributed by atoms with E-state index in [2.05, 4.69) is 69.6 Å². The van der Waals surface area contributed by atoms with Gasteiger partial charge in [-0.2, -0.15) is 0 Å². The zero-order chi connectivity index (χ0) is 15.1. The number of aliphatic hydroxyl groups excluding tert-OH is 1. The lowest BCUT2D eigenvalue weighted by molar-refractivity contribution is 0.0980. The molecule has 1 N–H and O–H groups in total. The number of hydrogen-bond acceptors (Lipinski definition) is 2. The highest BCUT2D eigenvalue weighted by molar-refractivity contribution is 9.10. The van der Waals surface area contributed by atoms with E-state index in [1.807, 2.05) is 0 Å². The van der Waals surface area contributed by atoms with Crippen LogP contribution in [0.25, 0.3) is 0 Å². The normalized spacial score (nSPS) is 29.0. The number of halogens is 1. The molecular formula is C16H27BrO2. The second kappa shape index (κ2) is 5.34. The smallest absolute Gasteiger partial charge is 0.0972 e. The van der Waals surface area contributed by atoms with Crippen molar-refractivity contribution in [2.75, 3.05) is 13.7 Å². The van der Waals surface area contributed by atoms with Gasteiger partial charge in [-0.1, -0.05) is 69.6 Å². The van der Waals surface area contributed by atoms with Crippen molar-refractivity contribution in [3.63, 3.8) is 0 Å². The van der Waals surface area contributed by atoms with Crippen molar-refractivity contribution in [1.82, 2.24) is 0 Å². The van der Waals surface area contributed by atoms with E-state index in [1.54, 1.807) is 7.11 Å². The predicted molar refractivity (Wildman–Crippen MR) is 84.6 cm³/mol. The average Bonchev–Trinajstić information content (AvgIpc) is 2.19. The molecule has 0 spiro atoms. The largest absolute Gasteiger partial charge is 0.387 e. The van der Waals surface area contributed by atoms with Crippen LogP contribution in [0.3, 0.4) is 0 Å². The minimum atomic E-state index is -0.571. The highest BCUT2D eigenvalue weighted by atomic mass is 79.9. The van der Waals surface area contributed by atoms with E-state index in [-0.39, 0.29) is 10.8 Å². The molecule has 2 atom stereocenters. The summed E-state index contributed by atoms with van der Waals surface area (Å²) in [6.07, 6.45) is 3.69. The second-order valence-electron chi connectivity index (χ2n) is 7.46. The van der Waals surface area contributed by atoms with Crippen LogP contribution in [0.5, 0.6) is 0 Å². The molecule has 1 aliphatic rings. The fraction of sp³-hybridized carbons (Fsp3) is 0.750. The van der Waals surface area contributed by atoms with Crippen LogP contribution in [0.2, 0.25) is 0 Å². The predicted octanol–water partition coefficient (Wildman–Crippen LogP) is 4.09. The minimum Gasteiger partial charge on any atom is -0.387 e. The van der Waals surface area contributed by atoms with Gasteiger partial charge in [0, 0.05) is 7.11 Å². The molecule has 1 aliphatic carbocycles. The molecule has 19 heavy (non-hydrogen) atoms. The number of aliphatic hydroxyl groups is 1. The van der Waals surface area contributed by atoms with Gasteiger partial charge in [-0.15, -0.1) is 0 Å². The molecule has 0 saturated heterocycles. The van der Waals surface area contributed by atoms with E-state index in [1.165, 1.54) is 5.57 Å². The lowest BCUT2D eigenvalue weighted by Gasteiger charge is -2.41. The van der Waals surface area contributed by atoms with Crippen LogP contribution in [0, 0.1) is 10.8 Å². The van der Waals surface area contributed by atoms with E-state index >= 15 is 0 Å². The van der Waals surface area contributed by atoms with Gasteiger partial charge in [0.15, 0.2) is 0 Å². The maximum Gasteiger partial charge on any atom is 0.0972 e. The van der Waals surface area contributed by atoms with Crippen molar-refractivity contribution in [2.24, 2.45) is 10.8 Å². The maximum atomic E-state index is 10.7. The van der Waals surface area contributed by atoms with Crippen molar-refractivity contribution in [1.29, 1.82) is 0 Å². The Balaban J connectivity index is 3.35. The lowest BCUT2D eigenvalue weighted by Crippen LogP contribution is -2.45. The third-order valence-corrected chi connectivity index (χ3v) is 4.44. The Labute approximate surface area is 126 Å². The first-order chi connectivity index (χ1) is 8.42. The summed E-state index contributed by atoms with van der Waals surface area (Å²) in [4.78, 5) is 0. The Hall–Kier alpha value is -0.120. The van der Waals surface area contributed by atoms with Gasteiger partial charge in [0.1, 0.15) is 0 Å². The standard InChI is InChI=1S/C16H27BrO2/c1-14(2,3)11-8-12(15(4,5)6)13(18)16(17,9-11)10-19-7/h8-9,13,18H,10H2,1-7H3. The van der Waals surface area contributed by atoms with Gasteiger partial charge in [0.05, 0.1) is 17.0 Å². The van der Waals surface area contributed by atoms with Crippen LogP contribution < -0.4 is 0 Å². The number of hydrogen-bond donors (Lipinski definition) is 1. The van der Waals surface area contributed by atoms with Crippen LogP contribution in [-0.4, -0.2) is 29.3 Å². The molecular weight excluding hydrogens is 304 g/mol. The first-order valence-electron chi connectivity index (χ1n) is 6.73. The lowest BCUT2D eigenvalue weighted by atomic mass is 9.71. The molecule has 0 radical (unpaired) electrons. The summed E-state index contributed by atoms with van der Waals surface area (Å²) in [6.45, 7) is 13.4. The first kappa shape index (κ1) is 16.9. The maximum absolute atomic E-state index is 10.7. The number of ether oxygens (including phenoxy) is 1. The number of allylic oxidation sites excluding steroid dienone is 2. The number of rotatable bonds is 2. The van der Waals surface area contributed by atoms with Gasteiger partial charge >= 0.3 is 0 Å². The molecule has 0 bridgehead atoms. The summed E-state index contributed by atoms with van der Waals surface area (Å²) in [6, 6.07) is 0. The van der Waals surface area contributed by atoms with Gasteiger partial charge in [-0.3, -0.25) is 0 Å². The molecule has 3 heteroatoms. The summed E-state index contributed by atoms with van der Waals surface area (Å²) in [5, 5.41) is 10.7. The van der Waals surface area contributed by atoms with Crippen LogP contribution >= 0.6 is 15.9 Å². The summed E-state index contributed by atoms with van der Waals surface area (Å²) in [5.74, 6) is 0. The van der Waals surface area contributed by atoms with Crippen molar-refractivity contribution in [2.45, 2.75) is 52.0 Å². The molecule has 2 nitrogen and oxygen atoms in total. The molecule has 0 aromatic rings. The zero-order valence-corrected chi connectivity index (χ0v) is 14.8. The van der Waals surface area contributed by atoms with Gasteiger partial charge in [-0.25, -0.2) is 0 Å². The fourth-order valence-electron chi connectivity index (χ4n) is 2.29. The average molecular weight is 331 g/mol. The van der Waals surface area contributed by atoms with Gasteiger partial charge in [0.25, 0.3) is 0 Å². The summed E-state index contributed by atoms with van der Waals surface area (Å²) in [7, 11) is 1.66. The van der Waals surface area contributed by atoms with Crippen LogP contribution in [0.15, 0.2) is 23.3 Å². The third kappa shape index (κ3) is 3.71. The first-order valence-corrected chi connectivity index (χ1v) is 7.52. The fourth-order valence-corrected chi connectivity index (χ4v) is 3.01. The van der Waals surface area contributed by atoms with Crippen molar-refractivity contribution in [3.05, 3.63) is 23.3 Å². The molecule has 1 rings (SSSR count). The molecule has 110 valence electrons. The van der Waals surface area contributed by atoms with Crippen LogP contribution in [0.4, 0.5) is 0 Å². The van der Waals surface area contributed by atoms with E-state index in [4.69, 9.17) is 4.74 Å². The Bertz CT molecular complexity index is 396. The zero-order valence-electron chi connectivity index (χ0n) is 13.2. The molecule has 0 heterocycles. The van der Waals surface area contributed by atoms with E-state index in [0.717, 1.165) is 5.57 Å². The molecule has 0 aliphatic heterocycles. The topological polar surface area (TPSA) is 29.5 Å². The monoisotopic (exact) mass is 330 g/mol. The SMILES string of the molecule is COCC1(Br)C=C(C(C)(C)C)C=C(C(C)(C)C)C1O. The van der Waals surface area contributed by atoms with E-state index in [0.29, 0.717) is 6.61 Å². The molecule has 0 amide bonds. The highest BCUT2D eigenvalue weighted by Crippen LogP contribution is 2.45.